The maximum atomic E-state index is 14.0. The van der Waals surface area contributed by atoms with Crippen LogP contribution in [-0.2, 0) is 11.4 Å². The van der Waals surface area contributed by atoms with E-state index in [1.54, 1.807) is 0 Å². The molecule has 0 N–H and O–H groups in total. The van der Waals surface area contributed by atoms with Gasteiger partial charge in [0.2, 0.25) is 0 Å². The van der Waals surface area contributed by atoms with Crippen molar-refractivity contribution in [3.8, 4) is 41.8 Å². The summed E-state index contributed by atoms with van der Waals surface area (Å²) < 4.78 is 235. The Bertz CT molecular complexity index is 2510. The number of aromatic nitrogens is 2. The van der Waals surface area contributed by atoms with Crippen molar-refractivity contribution in [3.05, 3.63) is 60.7 Å². The summed E-state index contributed by atoms with van der Waals surface area (Å²) >= 11 is 0.153. The number of rotatable bonds is 8. The molecule has 0 bridgehead atoms. The van der Waals surface area contributed by atoms with Crippen LogP contribution in [0.2, 0.25) is 0 Å². The largest absolute Gasteiger partial charge is 0.446 e. The molecule has 4 heterocycles. The van der Waals surface area contributed by atoms with Gasteiger partial charge in [0.25, 0.3) is 0 Å². The number of nitrogens with zero attached hydrogens (tertiary/aromatic N) is 4. The van der Waals surface area contributed by atoms with Crippen molar-refractivity contribution >= 4 is 112 Å². The third kappa shape index (κ3) is 8.42. The molecular formula is C28H10F16N4S8. The van der Waals surface area contributed by atoms with Crippen molar-refractivity contribution in [2.24, 2.45) is 8.73 Å². The summed E-state index contributed by atoms with van der Waals surface area (Å²) in [5, 5.41) is 0. The van der Waals surface area contributed by atoms with E-state index in [4.69, 9.17) is 0 Å². The number of fused-ring (bicyclic) bond motifs is 2. The summed E-state index contributed by atoms with van der Waals surface area (Å²) in [6.07, 6.45) is 0. The molecule has 6 aromatic rings. The number of alkyl halides is 6. The average Bonchev–Trinajstić information content (AvgIpc) is 3.83. The molecule has 0 spiro atoms. The van der Waals surface area contributed by atoms with Gasteiger partial charge in [0.1, 0.15) is 32.2 Å². The number of hydrogen-bond donors (Lipinski definition) is 0. The van der Waals surface area contributed by atoms with Crippen LogP contribution in [0.15, 0.2) is 89.0 Å². The van der Waals surface area contributed by atoms with E-state index in [1.807, 2.05) is 0 Å². The first-order valence-electron chi connectivity index (χ1n) is 14.1. The Morgan fingerprint density at radius 2 is 0.839 bits per heavy atom. The van der Waals surface area contributed by atoms with Crippen LogP contribution in [0.25, 0.3) is 52.8 Å². The van der Waals surface area contributed by atoms with E-state index in [-0.39, 0.29) is 65.2 Å². The van der Waals surface area contributed by atoms with Crippen LogP contribution in [0.3, 0.4) is 0 Å². The lowest BCUT2D eigenvalue weighted by Crippen LogP contribution is -2.10. The monoisotopic (exact) mass is 962 g/mol. The van der Waals surface area contributed by atoms with E-state index < -0.39 is 85.7 Å². The summed E-state index contributed by atoms with van der Waals surface area (Å²) in [7, 11) is -21.3. The molecule has 0 saturated heterocycles. The predicted octanol–water partition coefficient (Wildman–Crippen LogP) is 17.7. The van der Waals surface area contributed by atoms with Gasteiger partial charge in [-0.3, -0.25) is 0 Å². The molecule has 0 unspecified atom stereocenters. The van der Waals surface area contributed by atoms with Crippen LogP contribution >= 0.6 is 78.4 Å². The summed E-state index contributed by atoms with van der Waals surface area (Å²) in [5.41, 5.74) is -10.7. The van der Waals surface area contributed by atoms with Crippen molar-refractivity contribution in [3.63, 3.8) is 0 Å². The van der Waals surface area contributed by atoms with Crippen LogP contribution in [0.1, 0.15) is 0 Å². The number of benzene rings is 3. The predicted molar refractivity (Wildman–Crippen MR) is 193 cm³/mol. The van der Waals surface area contributed by atoms with Gasteiger partial charge in [-0.25, -0.2) is 0 Å². The van der Waals surface area contributed by atoms with Crippen LogP contribution in [0.5, 0.6) is 0 Å². The van der Waals surface area contributed by atoms with Gasteiger partial charge in [0.05, 0.1) is 23.1 Å². The van der Waals surface area contributed by atoms with E-state index in [9.17, 15) is 65.2 Å². The second kappa shape index (κ2) is 11.8. The van der Waals surface area contributed by atoms with Crippen molar-refractivity contribution < 1.29 is 65.2 Å². The second-order valence-electron chi connectivity index (χ2n) is 11.4. The summed E-state index contributed by atoms with van der Waals surface area (Å²) in [5.74, 6) is 0. The van der Waals surface area contributed by atoms with E-state index in [0.29, 0.717) is 35.2 Å². The number of thioether (sulfide) groups is 2. The topological polar surface area (TPSA) is 50.5 Å². The zero-order chi connectivity index (χ0) is 41.2. The lowest BCUT2D eigenvalue weighted by atomic mass is 10.0. The highest BCUT2D eigenvalue weighted by molar-refractivity contribution is 8.46. The zero-order valence-corrected chi connectivity index (χ0v) is 32.4. The van der Waals surface area contributed by atoms with Crippen molar-refractivity contribution in [1.82, 2.24) is 8.75 Å². The highest BCUT2D eigenvalue weighted by Crippen LogP contribution is 3.03. The molecule has 0 radical (unpaired) electrons. The Labute approximate surface area is 326 Å². The fourth-order valence-electron chi connectivity index (χ4n) is 5.32. The fraction of sp³-hybridized carbons (Fsp3) is 0.0714. The third-order valence-corrected chi connectivity index (χ3v) is 14.9. The van der Waals surface area contributed by atoms with Gasteiger partial charge in [0, 0.05) is 40.4 Å². The molecule has 0 atom stereocenters. The van der Waals surface area contributed by atoms with Gasteiger partial charge in [-0.1, -0.05) is 51.0 Å². The van der Waals surface area contributed by atoms with E-state index >= 15 is 0 Å². The highest BCUT2D eigenvalue weighted by atomic mass is 32.5. The highest BCUT2D eigenvalue weighted by Gasteiger charge is 2.68. The fourth-order valence-corrected chi connectivity index (χ4v) is 12.4. The van der Waals surface area contributed by atoms with E-state index in [0.717, 1.165) is 34.8 Å². The minimum Gasteiger partial charge on any atom is -0.172 e. The summed E-state index contributed by atoms with van der Waals surface area (Å²) in [6, 6.07) is 7.29. The first-order valence-corrected chi connectivity index (χ1v) is 22.8. The summed E-state index contributed by atoms with van der Waals surface area (Å²) in [4.78, 5) is -8.61. The molecule has 3 aromatic heterocycles. The van der Waals surface area contributed by atoms with Gasteiger partial charge in [-0.2, -0.15) is 43.8 Å². The van der Waals surface area contributed by atoms with Gasteiger partial charge in [-0.05, 0) is 83.2 Å². The Balaban J connectivity index is 1.32. The maximum Gasteiger partial charge on any atom is 0.446 e. The van der Waals surface area contributed by atoms with Gasteiger partial charge in [-0.15, -0.1) is 22.7 Å². The summed E-state index contributed by atoms with van der Waals surface area (Å²) in [6.45, 7) is 0. The Kier molecular flexibility index (Phi) is 8.67. The van der Waals surface area contributed by atoms with Crippen molar-refractivity contribution in [1.29, 1.82) is 0 Å². The SMILES string of the molecule is FC(F)(F)Sc1ccc(-c2ccc(-c3c4c(c(-c5ccc(-c6ccc(SC(F)(F)F)c(S(F)(F)(F)(F)F)c6)s5)c5nsnc35)N=S=N4)s2)cc1S(F)(F)(F)(F)F. The van der Waals surface area contributed by atoms with Crippen molar-refractivity contribution in [2.45, 2.75) is 30.6 Å². The molecule has 28 heteroatoms. The number of thiophene rings is 2. The van der Waals surface area contributed by atoms with Gasteiger partial charge in [0.15, 0.2) is 0 Å². The smallest absolute Gasteiger partial charge is 0.172 e. The van der Waals surface area contributed by atoms with Gasteiger partial charge < -0.3 is 0 Å². The minimum absolute atomic E-state index is 0.0638. The number of halogens is 16. The van der Waals surface area contributed by atoms with Crippen LogP contribution in [0, 0.1) is 0 Å². The normalized spacial score (nSPS) is 16.3. The molecule has 4 nitrogen and oxygen atoms in total. The van der Waals surface area contributed by atoms with Crippen molar-refractivity contribution in [2.75, 3.05) is 0 Å². The van der Waals surface area contributed by atoms with Crippen LogP contribution < -0.4 is 0 Å². The molecule has 1 aliphatic rings. The average molecular weight is 963 g/mol. The molecule has 302 valence electrons. The molecule has 0 fully saturated rings. The molecule has 3 aromatic carbocycles. The van der Waals surface area contributed by atoms with Crippen LogP contribution in [-0.4, -0.2) is 19.8 Å². The molecule has 1 aliphatic heterocycles. The van der Waals surface area contributed by atoms with E-state index in [2.05, 4.69) is 17.5 Å². The molecule has 7 rings (SSSR count). The Morgan fingerprint density at radius 1 is 0.482 bits per heavy atom. The number of hydrogen-bond acceptors (Lipinski definition) is 9. The minimum atomic E-state index is -10.7. The molecule has 56 heavy (non-hydrogen) atoms. The third-order valence-electron chi connectivity index (χ3n) is 7.37. The second-order valence-corrected chi connectivity index (χ2v) is 21.6. The lowest BCUT2D eigenvalue weighted by Gasteiger charge is -2.41. The quantitative estimate of drug-likeness (QED) is 0.112. The molecule has 0 amide bonds. The maximum absolute atomic E-state index is 14.0. The molecule has 0 saturated carbocycles. The molecular weight excluding hydrogens is 953 g/mol. The first kappa shape index (κ1) is 41.2. The zero-order valence-electron chi connectivity index (χ0n) is 25.9. The molecule has 0 aliphatic carbocycles. The standard InChI is InChI=1S/C28H10F16N4S8/c29-27(30,31)51-15-3-1-11(9-19(15)55(35,36,37,38)39)13-5-7-17(49-13)21-23-25(47-53-45-23)22(26-24(21)46-54-48-26)18-8-6-14(50-18)12-2-4-16(52-28(32,33)34)20(10-12)56(40,41,42,43)44/h1-10H. The Hall–Kier alpha value is -3.02. The van der Waals surface area contributed by atoms with Gasteiger partial charge >= 0.3 is 31.5 Å². The first-order chi connectivity index (χ1) is 25.2. The van der Waals surface area contributed by atoms with E-state index in [1.165, 1.54) is 24.3 Å². The lowest BCUT2D eigenvalue weighted by molar-refractivity contribution is -0.0338. The van der Waals surface area contributed by atoms with Crippen LogP contribution in [0.4, 0.5) is 76.6 Å². The Morgan fingerprint density at radius 3 is 1.18 bits per heavy atom.